The van der Waals surface area contributed by atoms with Crippen LogP contribution in [0.2, 0.25) is 5.15 Å². The van der Waals surface area contributed by atoms with Crippen LogP contribution in [-0.4, -0.2) is 46.2 Å². The molecule has 3 aromatic heterocycles. The molecule has 1 spiro atoms. The summed E-state index contributed by atoms with van der Waals surface area (Å²) in [5.74, 6) is 0.641. The molecule has 9 heteroatoms. The lowest BCUT2D eigenvalue weighted by Crippen LogP contribution is -2.58. The largest absolute Gasteiger partial charge is 0.381 e. The smallest absolute Gasteiger partial charge is 0.269 e. The maximum Gasteiger partial charge on any atom is 0.269 e. The number of hydrogen-bond acceptors (Lipinski definition) is 7. The van der Waals surface area contributed by atoms with E-state index in [0.717, 1.165) is 56.0 Å². The molecule has 0 atom stereocenters. The lowest BCUT2D eigenvalue weighted by molar-refractivity contribution is -0.000234. The van der Waals surface area contributed by atoms with E-state index in [1.54, 1.807) is 24.5 Å². The number of halogens is 1. The van der Waals surface area contributed by atoms with E-state index in [-0.39, 0.29) is 12.1 Å². The zero-order chi connectivity index (χ0) is 20.7. The first-order valence-corrected chi connectivity index (χ1v) is 10.4. The summed E-state index contributed by atoms with van der Waals surface area (Å²) < 4.78 is 12.3. The van der Waals surface area contributed by atoms with Crippen molar-refractivity contribution in [1.82, 2.24) is 19.9 Å². The second kappa shape index (κ2) is 7.52. The van der Waals surface area contributed by atoms with Gasteiger partial charge in [-0.25, -0.2) is 9.67 Å². The van der Waals surface area contributed by atoms with Gasteiger partial charge in [0.05, 0.1) is 18.4 Å². The van der Waals surface area contributed by atoms with Crippen molar-refractivity contribution in [3.05, 3.63) is 57.4 Å². The van der Waals surface area contributed by atoms with Gasteiger partial charge in [-0.15, -0.1) is 0 Å². The van der Waals surface area contributed by atoms with Gasteiger partial charge in [-0.3, -0.25) is 4.79 Å². The highest BCUT2D eigenvalue weighted by atomic mass is 35.5. The first kappa shape index (κ1) is 19.3. The third kappa shape index (κ3) is 3.50. The lowest BCUT2D eigenvalue weighted by atomic mass is 9.73. The molecular formula is C21H22ClN5O3. The Morgan fingerprint density at radius 2 is 2.00 bits per heavy atom. The fraction of sp³-hybridized carbons (Fsp3) is 0.429. The number of aryl methyl sites for hydroxylation is 1. The summed E-state index contributed by atoms with van der Waals surface area (Å²) in [5, 5.41) is 8.95. The van der Waals surface area contributed by atoms with Crippen LogP contribution < -0.4 is 10.5 Å². The van der Waals surface area contributed by atoms with Crippen LogP contribution >= 0.6 is 11.6 Å². The number of nitrogens with zero attached hydrogens (tertiary/aromatic N) is 5. The number of anilines is 1. The first-order chi connectivity index (χ1) is 14.5. The fourth-order valence-electron chi connectivity index (χ4n) is 4.25. The van der Waals surface area contributed by atoms with Gasteiger partial charge in [0, 0.05) is 55.1 Å². The summed E-state index contributed by atoms with van der Waals surface area (Å²) in [6, 6.07) is 5.18. The zero-order valence-corrected chi connectivity index (χ0v) is 17.4. The van der Waals surface area contributed by atoms with Crippen LogP contribution in [0.25, 0.3) is 11.3 Å². The molecule has 0 saturated carbocycles. The molecule has 5 heterocycles. The van der Waals surface area contributed by atoms with Gasteiger partial charge in [-0.1, -0.05) is 16.8 Å². The van der Waals surface area contributed by atoms with E-state index in [4.69, 9.17) is 20.9 Å². The molecule has 0 bridgehead atoms. The van der Waals surface area contributed by atoms with Crippen LogP contribution in [0, 0.1) is 12.3 Å². The van der Waals surface area contributed by atoms with Crippen molar-refractivity contribution >= 4 is 17.3 Å². The summed E-state index contributed by atoms with van der Waals surface area (Å²) in [5.41, 5.74) is 3.27. The highest BCUT2D eigenvalue weighted by Crippen LogP contribution is 2.41. The fourth-order valence-corrected chi connectivity index (χ4v) is 4.36. The predicted molar refractivity (Wildman–Crippen MR) is 112 cm³/mol. The van der Waals surface area contributed by atoms with Crippen molar-refractivity contribution in [2.24, 2.45) is 5.41 Å². The average Bonchev–Trinajstić information content (AvgIpc) is 3.09. The van der Waals surface area contributed by atoms with E-state index >= 15 is 0 Å². The molecular weight excluding hydrogens is 406 g/mol. The van der Waals surface area contributed by atoms with E-state index < -0.39 is 0 Å². The third-order valence-electron chi connectivity index (χ3n) is 6.12. The van der Waals surface area contributed by atoms with Crippen molar-refractivity contribution in [3.63, 3.8) is 0 Å². The van der Waals surface area contributed by atoms with Crippen LogP contribution in [0.15, 0.2) is 39.9 Å². The monoisotopic (exact) mass is 427 g/mol. The van der Waals surface area contributed by atoms with Crippen molar-refractivity contribution in [3.8, 4) is 11.3 Å². The Kier molecular flexibility index (Phi) is 4.83. The number of hydrogen-bond donors (Lipinski definition) is 0. The summed E-state index contributed by atoms with van der Waals surface area (Å²) in [4.78, 5) is 19.1. The minimum atomic E-state index is -0.152. The van der Waals surface area contributed by atoms with E-state index in [1.165, 1.54) is 4.68 Å². The van der Waals surface area contributed by atoms with Gasteiger partial charge in [0.15, 0.2) is 0 Å². The Labute approximate surface area is 178 Å². The molecule has 30 heavy (non-hydrogen) atoms. The normalized spacial score (nSPS) is 17.9. The van der Waals surface area contributed by atoms with Gasteiger partial charge in [-0.05, 0) is 31.9 Å². The molecule has 2 aliphatic heterocycles. The summed E-state index contributed by atoms with van der Waals surface area (Å²) in [6.07, 6.45) is 5.57. The van der Waals surface area contributed by atoms with Gasteiger partial charge in [0.25, 0.3) is 5.56 Å². The minimum Gasteiger partial charge on any atom is -0.381 e. The molecule has 0 aromatic carbocycles. The number of rotatable bonds is 4. The molecule has 3 aromatic rings. The number of ether oxygens (including phenoxy) is 1. The van der Waals surface area contributed by atoms with Crippen LogP contribution in [0.1, 0.15) is 24.2 Å². The number of aromatic nitrogens is 4. The Morgan fingerprint density at radius 1 is 1.20 bits per heavy atom. The van der Waals surface area contributed by atoms with Crippen LogP contribution in [0.5, 0.6) is 0 Å². The molecule has 0 aliphatic carbocycles. The zero-order valence-electron chi connectivity index (χ0n) is 16.7. The minimum absolute atomic E-state index is 0.152. The Hall–Kier alpha value is -2.71. The van der Waals surface area contributed by atoms with Crippen LogP contribution in [0.4, 0.5) is 5.69 Å². The summed E-state index contributed by atoms with van der Waals surface area (Å²) in [7, 11) is 0. The molecule has 8 nitrogen and oxygen atoms in total. The van der Waals surface area contributed by atoms with Crippen molar-refractivity contribution in [2.45, 2.75) is 26.3 Å². The molecule has 2 fully saturated rings. The van der Waals surface area contributed by atoms with Gasteiger partial charge in [-0.2, -0.15) is 5.10 Å². The predicted octanol–water partition coefficient (Wildman–Crippen LogP) is 2.92. The molecule has 5 rings (SSSR count). The van der Waals surface area contributed by atoms with Gasteiger partial charge in [0.2, 0.25) is 0 Å². The van der Waals surface area contributed by atoms with E-state index in [1.807, 2.05) is 13.0 Å². The molecule has 2 aliphatic rings. The molecule has 156 valence electrons. The quantitative estimate of drug-likeness (QED) is 0.591. The Bertz CT molecular complexity index is 1110. The summed E-state index contributed by atoms with van der Waals surface area (Å²) in [6.45, 7) is 5.67. The van der Waals surface area contributed by atoms with Crippen LogP contribution in [-0.2, 0) is 11.3 Å². The third-order valence-corrected chi connectivity index (χ3v) is 6.34. The maximum atomic E-state index is 12.8. The SMILES string of the molecule is Cc1onc(-c2ccc(Cl)nc2)c1Cn1ncc(N2CC3(CCOCC3)C2)cc1=O. The standard InChI is InChI=1S/C21H22ClN5O3/c1-14-17(20(25-30-14)15-2-3-18(22)23-9-15)11-27-19(28)8-16(10-24-27)26-12-21(13-26)4-6-29-7-5-21/h2-3,8-10H,4-7,11-13H2,1H3. The second-order valence-electron chi connectivity index (χ2n) is 8.11. The lowest BCUT2D eigenvalue weighted by Gasteiger charge is -2.53. The number of pyridine rings is 1. The molecule has 0 radical (unpaired) electrons. The topological polar surface area (TPSA) is 86.3 Å². The van der Waals surface area contributed by atoms with Gasteiger partial charge in [0.1, 0.15) is 16.6 Å². The van der Waals surface area contributed by atoms with E-state index in [2.05, 4.69) is 20.1 Å². The highest BCUT2D eigenvalue weighted by molar-refractivity contribution is 6.29. The van der Waals surface area contributed by atoms with E-state index in [0.29, 0.717) is 22.0 Å². The van der Waals surface area contributed by atoms with Crippen molar-refractivity contribution in [1.29, 1.82) is 0 Å². The molecule has 0 N–H and O–H groups in total. The highest BCUT2D eigenvalue weighted by Gasteiger charge is 2.44. The first-order valence-electron chi connectivity index (χ1n) is 10.00. The second-order valence-corrected chi connectivity index (χ2v) is 8.50. The van der Waals surface area contributed by atoms with Gasteiger partial charge < -0.3 is 14.2 Å². The van der Waals surface area contributed by atoms with Crippen molar-refractivity contribution in [2.75, 3.05) is 31.2 Å². The average molecular weight is 428 g/mol. The molecule has 0 unspecified atom stereocenters. The van der Waals surface area contributed by atoms with E-state index in [9.17, 15) is 4.79 Å². The van der Waals surface area contributed by atoms with Gasteiger partial charge >= 0.3 is 0 Å². The maximum absolute atomic E-state index is 12.8. The Balaban J connectivity index is 1.35. The van der Waals surface area contributed by atoms with Crippen molar-refractivity contribution < 1.29 is 9.26 Å². The molecule has 2 saturated heterocycles. The summed E-state index contributed by atoms with van der Waals surface area (Å²) >= 11 is 5.88. The molecule has 0 amide bonds. The Morgan fingerprint density at radius 3 is 2.70 bits per heavy atom. The van der Waals surface area contributed by atoms with Crippen LogP contribution in [0.3, 0.4) is 0 Å².